The van der Waals surface area contributed by atoms with Gasteiger partial charge >= 0.3 is 0 Å². The topological polar surface area (TPSA) is 63.4 Å². The fraction of sp³-hybridized carbons (Fsp3) is 0.600. The number of nitrogens with two attached hydrogens (primary N) is 1. The van der Waals surface area contributed by atoms with Crippen molar-refractivity contribution in [2.75, 3.05) is 12.3 Å². The minimum atomic E-state index is -3.82. The van der Waals surface area contributed by atoms with Crippen LogP contribution in [0.15, 0.2) is 23.1 Å². The number of anilines is 1. The Bertz CT molecular complexity index is 596. The monoisotopic (exact) mass is 314 g/mol. The normalized spacial score (nSPS) is 17.0. The standard InChI is InChI=1S/C15H23FN2O2S/c1-11(2)10-18(13-5-3-4-6-13)21(19,20)15-8-7-12(17)9-14(15)16/h7-9,11,13H,3-6,10,17H2,1-2H3. The van der Waals surface area contributed by atoms with Gasteiger partial charge in [-0.25, -0.2) is 12.8 Å². The molecule has 2 rings (SSSR count). The molecular formula is C15H23FN2O2S. The van der Waals surface area contributed by atoms with E-state index in [9.17, 15) is 12.8 Å². The summed E-state index contributed by atoms with van der Waals surface area (Å²) in [5, 5.41) is 0. The highest BCUT2D eigenvalue weighted by molar-refractivity contribution is 7.89. The lowest BCUT2D eigenvalue weighted by Crippen LogP contribution is -2.41. The lowest BCUT2D eigenvalue weighted by molar-refractivity contribution is 0.291. The molecule has 0 aromatic heterocycles. The van der Waals surface area contributed by atoms with Crippen molar-refractivity contribution < 1.29 is 12.8 Å². The number of rotatable bonds is 5. The predicted octanol–water partition coefficient (Wildman–Crippen LogP) is 3.00. The highest BCUT2D eigenvalue weighted by Gasteiger charge is 2.35. The van der Waals surface area contributed by atoms with Crippen LogP contribution in [-0.4, -0.2) is 25.3 Å². The number of hydrogen-bond acceptors (Lipinski definition) is 3. The number of nitrogens with zero attached hydrogens (tertiary/aromatic N) is 1. The quantitative estimate of drug-likeness (QED) is 0.850. The van der Waals surface area contributed by atoms with Crippen molar-refractivity contribution in [3.63, 3.8) is 0 Å². The highest BCUT2D eigenvalue weighted by Crippen LogP contribution is 2.30. The zero-order chi connectivity index (χ0) is 15.6. The van der Waals surface area contributed by atoms with Gasteiger partial charge in [-0.1, -0.05) is 26.7 Å². The van der Waals surface area contributed by atoms with Gasteiger partial charge in [0, 0.05) is 18.3 Å². The Morgan fingerprint density at radius 2 is 1.95 bits per heavy atom. The molecule has 0 heterocycles. The van der Waals surface area contributed by atoms with Crippen LogP contribution in [0.2, 0.25) is 0 Å². The fourth-order valence-corrected chi connectivity index (χ4v) is 4.74. The largest absolute Gasteiger partial charge is 0.399 e. The van der Waals surface area contributed by atoms with Crippen LogP contribution < -0.4 is 5.73 Å². The number of hydrogen-bond donors (Lipinski definition) is 1. The Balaban J connectivity index is 2.40. The van der Waals surface area contributed by atoms with Crippen LogP contribution in [0.5, 0.6) is 0 Å². The van der Waals surface area contributed by atoms with E-state index in [0.29, 0.717) is 6.54 Å². The van der Waals surface area contributed by atoms with E-state index in [-0.39, 0.29) is 22.5 Å². The Morgan fingerprint density at radius 3 is 2.48 bits per heavy atom. The molecule has 2 N–H and O–H groups in total. The summed E-state index contributed by atoms with van der Waals surface area (Å²) in [6.07, 6.45) is 3.75. The molecule has 1 aliphatic carbocycles. The van der Waals surface area contributed by atoms with E-state index in [1.54, 1.807) is 0 Å². The molecule has 6 heteroatoms. The lowest BCUT2D eigenvalue weighted by atomic mass is 10.2. The first-order chi connectivity index (χ1) is 9.82. The van der Waals surface area contributed by atoms with Gasteiger partial charge in [-0.15, -0.1) is 0 Å². The second-order valence-electron chi connectivity index (χ2n) is 6.10. The molecule has 1 aromatic rings. The molecule has 0 aliphatic heterocycles. The molecule has 1 fully saturated rings. The fourth-order valence-electron chi connectivity index (χ4n) is 2.85. The van der Waals surface area contributed by atoms with Crippen molar-refractivity contribution in [3.05, 3.63) is 24.0 Å². The summed E-state index contributed by atoms with van der Waals surface area (Å²) in [5.74, 6) is -0.584. The molecule has 1 aliphatic rings. The number of nitrogen functional groups attached to an aromatic ring is 1. The van der Waals surface area contributed by atoms with Crippen LogP contribution in [0.3, 0.4) is 0 Å². The van der Waals surface area contributed by atoms with Crippen LogP contribution in [0.1, 0.15) is 39.5 Å². The summed E-state index contributed by atoms with van der Waals surface area (Å²) in [7, 11) is -3.82. The van der Waals surface area contributed by atoms with Gasteiger partial charge in [0.05, 0.1) is 0 Å². The summed E-state index contributed by atoms with van der Waals surface area (Å²) in [6, 6.07) is 3.74. The Morgan fingerprint density at radius 1 is 1.33 bits per heavy atom. The summed E-state index contributed by atoms with van der Waals surface area (Å²) in [5.41, 5.74) is 5.73. The zero-order valence-corrected chi connectivity index (χ0v) is 13.4. The highest BCUT2D eigenvalue weighted by atomic mass is 32.2. The van der Waals surface area contributed by atoms with Crippen LogP contribution in [-0.2, 0) is 10.0 Å². The van der Waals surface area contributed by atoms with E-state index in [0.717, 1.165) is 31.7 Å². The molecule has 0 radical (unpaired) electrons. The van der Waals surface area contributed by atoms with Gasteiger partial charge in [-0.3, -0.25) is 0 Å². The maximum atomic E-state index is 14.0. The van der Waals surface area contributed by atoms with Gasteiger partial charge in [0.15, 0.2) is 0 Å². The number of benzene rings is 1. The molecule has 1 saturated carbocycles. The lowest BCUT2D eigenvalue weighted by Gasteiger charge is -2.29. The molecule has 0 spiro atoms. The van der Waals surface area contributed by atoms with Gasteiger partial charge in [-0.05, 0) is 37.0 Å². The summed E-state index contributed by atoms with van der Waals surface area (Å²) < 4.78 is 41.2. The van der Waals surface area contributed by atoms with Crippen molar-refractivity contribution in [1.29, 1.82) is 0 Å². The summed E-state index contributed by atoms with van der Waals surface area (Å²) in [6.45, 7) is 4.35. The minimum Gasteiger partial charge on any atom is -0.399 e. The smallest absolute Gasteiger partial charge is 0.246 e. The van der Waals surface area contributed by atoms with Gasteiger partial charge in [-0.2, -0.15) is 4.31 Å². The second-order valence-corrected chi connectivity index (χ2v) is 7.96. The average Bonchev–Trinajstić information content (AvgIpc) is 2.88. The van der Waals surface area contributed by atoms with E-state index in [1.807, 2.05) is 13.8 Å². The number of halogens is 1. The zero-order valence-electron chi connectivity index (χ0n) is 12.5. The van der Waals surface area contributed by atoms with E-state index >= 15 is 0 Å². The van der Waals surface area contributed by atoms with Gasteiger partial charge in [0.2, 0.25) is 10.0 Å². The molecule has 0 saturated heterocycles. The van der Waals surface area contributed by atoms with Crippen molar-refractivity contribution in [1.82, 2.24) is 4.31 Å². The third-order valence-electron chi connectivity index (χ3n) is 3.82. The first kappa shape index (κ1) is 16.2. The molecule has 0 atom stereocenters. The maximum absolute atomic E-state index is 14.0. The van der Waals surface area contributed by atoms with Crippen LogP contribution in [0, 0.1) is 11.7 Å². The van der Waals surface area contributed by atoms with Crippen LogP contribution in [0.25, 0.3) is 0 Å². The van der Waals surface area contributed by atoms with Crippen molar-refractivity contribution in [3.8, 4) is 0 Å². The first-order valence-corrected chi connectivity index (χ1v) is 8.83. The first-order valence-electron chi connectivity index (χ1n) is 7.39. The third-order valence-corrected chi connectivity index (χ3v) is 5.77. The van der Waals surface area contributed by atoms with E-state index in [1.165, 1.54) is 16.4 Å². The third kappa shape index (κ3) is 3.55. The van der Waals surface area contributed by atoms with E-state index in [2.05, 4.69) is 0 Å². The molecule has 118 valence electrons. The molecule has 0 unspecified atom stereocenters. The molecule has 0 bridgehead atoms. The molecule has 0 amide bonds. The average molecular weight is 314 g/mol. The van der Waals surface area contributed by atoms with Crippen molar-refractivity contribution >= 4 is 15.7 Å². The van der Waals surface area contributed by atoms with Crippen molar-refractivity contribution in [2.24, 2.45) is 5.92 Å². The van der Waals surface area contributed by atoms with Crippen molar-refractivity contribution in [2.45, 2.75) is 50.5 Å². The molecule has 1 aromatic carbocycles. The van der Waals surface area contributed by atoms with E-state index in [4.69, 9.17) is 5.73 Å². The molecular weight excluding hydrogens is 291 g/mol. The SMILES string of the molecule is CC(C)CN(C1CCCC1)S(=O)(=O)c1ccc(N)cc1F. The van der Waals surface area contributed by atoms with Gasteiger partial charge in [0.1, 0.15) is 10.7 Å². The summed E-state index contributed by atoms with van der Waals surface area (Å²) >= 11 is 0. The van der Waals surface area contributed by atoms with Gasteiger partial charge in [0.25, 0.3) is 0 Å². The second kappa shape index (κ2) is 6.32. The molecule has 21 heavy (non-hydrogen) atoms. The predicted molar refractivity (Wildman–Crippen MR) is 81.8 cm³/mol. The van der Waals surface area contributed by atoms with Crippen LogP contribution in [0.4, 0.5) is 10.1 Å². The Hall–Kier alpha value is -1.14. The maximum Gasteiger partial charge on any atom is 0.246 e. The van der Waals surface area contributed by atoms with E-state index < -0.39 is 15.8 Å². The Kier molecular flexibility index (Phi) is 4.88. The summed E-state index contributed by atoms with van der Waals surface area (Å²) in [4.78, 5) is -0.274. The minimum absolute atomic E-state index is 0.0191. The van der Waals surface area contributed by atoms with Crippen LogP contribution >= 0.6 is 0 Å². The van der Waals surface area contributed by atoms with Gasteiger partial charge < -0.3 is 5.73 Å². The molecule has 4 nitrogen and oxygen atoms in total. The number of sulfonamides is 1. The Labute approximate surface area is 126 Å².